The standard InChI is InChI=1S/C17H25N3O4/c1-2-24-17(22)14-3-5-15(6-4-14)19-16(21)13-18-7-8-20-9-11-23-12-10-20/h3-6,18H,2,7-13H2,1H3,(H,19,21). The first-order valence-electron chi connectivity index (χ1n) is 8.27. The molecule has 0 radical (unpaired) electrons. The van der Waals surface area contributed by atoms with Crippen LogP contribution in [0.2, 0.25) is 0 Å². The summed E-state index contributed by atoms with van der Waals surface area (Å²) < 4.78 is 10.2. The number of ether oxygens (including phenoxy) is 2. The molecular formula is C17H25N3O4. The summed E-state index contributed by atoms with van der Waals surface area (Å²) >= 11 is 0. The van der Waals surface area contributed by atoms with Gasteiger partial charge >= 0.3 is 5.97 Å². The van der Waals surface area contributed by atoms with E-state index in [9.17, 15) is 9.59 Å². The first-order chi connectivity index (χ1) is 11.7. The van der Waals surface area contributed by atoms with Gasteiger partial charge in [-0.15, -0.1) is 0 Å². The third-order valence-corrected chi connectivity index (χ3v) is 3.67. The van der Waals surface area contributed by atoms with Crippen LogP contribution in [0.1, 0.15) is 17.3 Å². The van der Waals surface area contributed by atoms with E-state index >= 15 is 0 Å². The van der Waals surface area contributed by atoms with Gasteiger partial charge in [0.1, 0.15) is 0 Å². The van der Waals surface area contributed by atoms with Gasteiger partial charge < -0.3 is 20.1 Å². The molecule has 0 aromatic heterocycles. The number of hydrogen-bond donors (Lipinski definition) is 2. The molecule has 1 aliphatic rings. The number of anilines is 1. The molecule has 1 fully saturated rings. The van der Waals surface area contributed by atoms with Crippen molar-refractivity contribution in [2.24, 2.45) is 0 Å². The van der Waals surface area contributed by atoms with Gasteiger partial charge in [0.25, 0.3) is 0 Å². The Morgan fingerprint density at radius 3 is 2.58 bits per heavy atom. The van der Waals surface area contributed by atoms with Crippen LogP contribution in [0.15, 0.2) is 24.3 Å². The molecule has 0 saturated carbocycles. The lowest BCUT2D eigenvalue weighted by atomic mass is 10.2. The average Bonchev–Trinajstić information content (AvgIpc) is 2.60. The predicted octanol–water partition coefficient (Wildman–Crippen LogP) is 0.724. The summed E-state index contributed by atoms with van der Waals surface area (Å²) in [6.45, 7) is 7.47. The fourth-order valence-electron chi connectivity index (χ4n) is 2.37. The fourth-order valence-corrected chi connectivity index (χ4v) is 2.37. The van der Waals surface area contributed by atoms with Crippen LogP contribution in [0.3, 0.4) is 0 Å². The quantitative estimate of drug-likeness (QED) is 0.538. The normalized spacial score (nSPS) is 15.0. The third kappa shape index (κ3) is 6.27. The fraction of sp³-hybridized carbons (Fsp3) is 0.529. The van der Waals surface area contributed by atoms with E-state index in [2.05, 4.69) is 15.5 Å². The number of carbonyl (C=O) groups excluding carboxylic acids is 2. The van der Waals surface area contributed by atoms with Gasteiger partial charge in [-0.3, -0.25) is 9.69 Å². The van der Waals surface area contributed by atoms with Crippen LogP contribution in [0.5, 0.6) is 0 Å². The van der Waals surface area contributed by atoms with Crippen LogP contribution in [0.4, 0.5) is 5.69 Å². The summed E-state index contributed by atoms with van der Waals surface area (Å²) in [5, 5.41) is 5.92. The minimum absolute atomic E-state index is 0.110. The largest absolute Gasteiger partial charge is 0.462 e. The van der Waals surface area contributed by atoms with Crippen molar-refractivity contribution < 1.29 is 19.1 Å². The maximum atomic E-state index is 11.9. The molecule has 1 aromatic carbocycles. The number of amides is 1. The average molecular weight is 335 g/mol. The second-order valence-corrected chi connectivity index (χ2v) is 5.48. The Bertz CT molecular complexity index is 527. The lowest BCUT2D eigenvalue weighted by Crippen LogP contribution is -2.41. The Morgan fingerprint density at radius 2 is 1.92 bits per heavy atom. The summed E-state index contributed by atoms with van der Waals surface area (Å²) in [7, 11) is 0. The molecule has 7 nitrogen and oxygen atoms in total. The molecule has 0 spiro atoms. The van der Waals surface area contributed by atoms with Crippen molar-refractivity contribution in [3.8, 4) is 0 Å². The zero-order valence-corrected chi connectivity index (χ0v) is 14.0. The molecule has 0 aliphatic carbocycles. The van der Waals surface area contributed by atoms with E-state index < -0.39 is 0 Å². The van der Waals surface area contributed by atoms with Gasteiger partial charge in [-0.25, -0.2) is 4.79 Å². The molecule has 1 aliphatic heterocycles. The van der Waals surface area contributed by atoms with Gasteiger partial charge in [0.15, 0.2) is 0 Å². The van der Waals surface area contributed by atoms with E-state index in [4.69, 9.17) is 9.47 Å². The molecule has 7 heteroatoms. The maximum absolute atomic E-state index is 11.9. The minimum Gasteiger partial charge on any atom is -0.462 e. The summed E-state index contributed by atoms with van der Waals surface area (Å²) in [6, 6.07) is 6.66. The highest BCUT2D eigenvalue weighted by Crippen LogP contribution is 2.10. The van der Waals surface area contributed by atoms with Crippen LogP contribution >= 0.6 is 0 Å². The van der Waals surface area contributed by atoms with Crippen LogP contribution < -0.4 is 10.6 Å². The Kier molecular flexibility index (Phi) is 7.67. The molecule has 0 unspecified atom stereocenters. The third-order valence-electron chi connectivity index (χ3n) is 3.67. The number of nitrogens with zero attached hydrogens (tertiary/aromatic N) is 1. The highest BCUT2D eigenvalue weighted by atomic mass is 16.5. The van der Waals surface area contributed by atoms with Crippen molar-refractivity contribution in [2.75, 3.05) is 57.9 Å². The van der Waals surface area contributed by atoms with Crippen molar-refractivity contribution in [1.82, 2.24) is 10.2 Å². The highest BCUT2D eigenvalue weighted by Gasteiger charge is 2.10. The number of hydrogen-bond acceptors (Lipinski definition) is 6. The molecule has 1 aromatic rings. The summed E-state index contributed by atoms with van der Waals surface area (Å²) in [5.41, 5.74) is 1.13. The maximum Gasteiger partial charge on any atom is 0.338 e. The zero-order chi connectivity index (χ0) is 17.2. The van der Waals surface area contributed by atoms with Gasteiger partial charge in [-0.2, -0.15) is 0 Å². The van der Waals surface area contributed by atoms with Crippen LogP contribution in [0.25, 0.3) is 0 Å². The first-order valence-corrected chi connectivity index (χ1v) is 8.27. The van der Waals surface area contributed by atoms with E-state index in [1.165, 1.54) is 0 Å². The monoisotopic (exact) mass is 335 g/mol. The van der Waals surface area contributed by atoms with Gasteiger partial charge in [0.05, 0.1) is 31.9 Å². The summed E-state index contributed by atoms with van der Waals surface area (Å²) in [4.78, 5) is 25.7. The Labute approximate surface area is 142 Å². The first kappa shape index (κ1) is 18.4. The number of morpholine rings is 1. The number of esters is 1. The Balaban J connectivity index is 1.65. The van der Waals surface area contributed by atoms with Gasteiger partial charge in [-0.05, 0) is 31.2 Å². The SMILES string of the molecule is CCOC(=O)c1ccc(NC(=O)CNCCN2CCOCC2)cc1. The predicted molar refractivity (Wildman–Crippen MR) is 91.2 cm³/mol. The van der Waals surface area contributed by atoms with E-state index in [-0.39, 0.29) is 18.4 Å². The van der Waals surface area contributed by atoms with Crippen LogP contribution in [0, 0.1) is 0 Å². The number of rotatable bonds is 8. The van der Waals surface area contributed by atoms with E-state index in [0.717, 1.165) is 39.4 Å². The number of benzene rings is 1. The summed E-state index contributed by atoms with van der Waals surface area (Å²) in [6.07, 6.45) is 0. The van der Waals surface area contributed by atoms with E-state index in [1.807, 2.05) is 0 Å². The molecule has 2 rings (SSSR count). The molecule has 0 bridgehead atoms. The molecule has 0 atom stereocenters. The van der Waals surface area contributed by atoms with Crippen LogP contribution in [-0.4, -0.2) is 69.3 Å². The molecule has 24 heavy (non-hydrogen) atoms. The Hall–Kier alpha value is -1.96. The lowest BCUT2D eigenvalue weighted by molar-refractivity contribution is -0.115. The van der Waals surface area contributed by atoms with Crippen molar-refractivity contribution in [3.05, 3.63) is 29.8 Å². The summed E-state index contributed by atoms with van der Waals surface area (Å²) in [5.74, 6) is -0.471. The van der Waals surface area contributed by atoms with Crippen molar-refractivity contribution in [3.63, 3.8) is 0 Å². The molecule has 2 N–H and O–H groups in total. The zero-order valence-electron chi connectivity index (χ0n) is 14.0. The second kappa shape index (κ2) is 10.0. The topological polar surface area (TPSA) is 79.9 Å². The smallest absolute Gasteiger partial charge is 0.338 e. The van der Waals surface area contributed by atoms with Gasteiger partial charge in [0.2, 0.25) is 5.91 Å². The van der Waals surface area contributed by atoms with Crippen molar-refractivity contribution in [2.45, 2.75) is 6.92 Å². The number of carbonyl (C=O) groups is 2. The lowest BCUT2D eigenvalue weighted by Gasteiger charge is -2.26. The minimum atomic E-state index is -0.361. The van der Waals surface area contributed by atoms with Gasteiger partial charge in [0, 0.05) is 31.9 Å². The highest BCUT2D eigenvalue weighted by molar-refractivity contribution is 5.93. The Morgan fingerprint density at radius 1 is 1.21 bits per heavy atom. The molecule has 1 amide bonds. The molecular weight excluding hydrogens is 310 g/mol. The van der Waals surface area contributed by atoms with E-state index in [0.29, 0.717) is 17.9 Å². The van der Waals surface area contributed by atoms with Crippen molar-refractivity contribution in [1.29, 1.82) is 0 Å². The molecule has 132 valence electrons. The number of nitrogens with one attached hydrogen (secondary N) is 2. The van der Waals surface area contributed by atoms with E-state index in [1.54, 1.807) is 31.2 Å². The molecule has 1 saturated heterocycles. The molecule has 1 heterocycles. The second-order valence-electron chi connectivity index (χ2n) is 5.48. The van der Waals surface area contributed by atoms with Crippen LogP contribution in [-0.2, 0) is 14.3 Å². The van der Waals surface area contributed by atoms with Crippen molar-refractivity contribution >= 4 is 17.6 Å². The van der Waals surface area contributed by atoms with Gasteiger partial charge in [-0.1, -0.05) is 0 Å².